The van der Waals surface area contributed by atoms with Gasteiger partial charge in [-0.15, -0.1) is 0 Å². The van der Waals surface area contributed by atoms with Gasteiger partial charge in [-0.25, -0.2) is 0 Å². The number of nitrogen functional groups attached to an aromatic ring is 1. The molecular formula is C16H25N3O. The molecule has 3 N–H and O–H groups in total. The summed E-state index contributed by atoms with van der Waals surface area (Å²) in [5.41, 5.74) is 7.94. The van der Waals surface area contributed by atoms with E-state index in [2.05, 4.69) is 24.1 Å². The third-order valence-corrected chi connectivity index (χ3v) is 4.08. The number of carbonyl (C=O) groups is 1. The maximum absolute atomic E-state index is 11.5. The van der Waals surface area contributed by atoms with Gasteiger partial charge in [0.2, 0.25) is 0 Å². The minimum absolute atomic E-state index is 0.0120. The minimum atomic E-state index is 0.0120. The van der Waals surface area contributed by atoms with Crippen molar-refractivity contribution >= 4 is 17.2 Å². The predicted molar refractivity (Wildman–Crippen MR) is 84.2 cm³/mol. The van der Waals surface area contributed by atoms with Gasteiger partial charge in [0.05, 0.1) is 0 Å². The maximum atomic E-state index is 11.5. The number of nitrogens with zero attached hydrogens (tertiary/aromatic N) is 1. The predicted octanol–water partition coefficient (Wildman–Crippen LogP) is 2.61. The Morgan fingerprint density at radius 1 is 1.50 bits per heavy atom. The Balaban J connectivity index is 1.92. The zero-order valence-electron chi connectivity index (χ0n) is 12.6. The standard InChI is InChI=1S/C16H25N3O/c1-11(2)19-7-6-13(10-19)9-18-14-4-5-16(17)15(8-14)12(3)20/h4-5,8,11,13,18H,6-7,9-10,17H2,1-3H3. The van der Waals surface area contributed by atoms with Crippen LogP contribution in [0, 0.1) is 5.92 Å². The van der Waals surface area contributed by atoms with Crippen molar-refractivity contribution in [2.24, 2.45) is 5.92 Å². The Morgan fingerprint density at radius 3 is 2.85 bits per heavy atom. The number of anilines is 2. The molecule has 1 aliphatic rings. The number of likely N-dealkylation sites (tertiary alicyclic amines) is 1. The number of nitrogens with one attached hydrogen (secondary N) is 1. The zero-order chi connectivity index (χ0) is 14.7. The number of hydrogen-bond acceptors (Lipinski definition) is 4. The van der Waals surface area contributed by atoms with Crippen molar-refractivity contribution in [2.75, 3.05) is 30.7 Å². The summed E-state index contributed by atoms with van der Waals surface area (Å²) >= 11 is 0. The highest BCUT2D eigenvalue weighted by Crippen LogP contribution is 2.21. The molecule has 1 saturated heterocycles. The minimum Gasteiger partial charge on any atom is -0.398 e. The van der Waals surface area contributed by atoms with Gasteiger partial charge >= 0.3 is 0 Å². The molecule has 0 saturated carbocycles. The van der Waals surface area contributed by atoms with E-state index in [1.54, 1.807) is 13.0 Å². The summed E-state index contributed by atoms with van der Waals surface area (Å²) < 4.78 is 0. The molecule has 0 aliphatic carbocycles. The first kappa shape index (κ1) is 14.9. The third kappa shape index (κ3) is 3.51. The number of nitrogens with two attached hydrogens (primary N) is 1. The molecule has 0 spiro atoms. The Bertz CT molecular complexity index is 485. The number of rotatable bonds is 5. The first-order valence-electron chi connectivity index (χ1n) is 7.35. The molecule has 4 heteroatoms. The van der Waals surface area contributed by atoms with Crippen LogP contribution in [0.25, 0.3) is 0 Å². The van der Waals surface area contributed by atoms with Crippen LogP contribution in [0.4, 0.5) is 11.4 Å². The van der Waals surface area contributed by atoms with Crippen LogP contribution < -0.4 is 11.1 Å². The molecule has 1 atom stereocenters. The Kier molecular flexibility index (Phi) is 4.65. The van der Waals surface area contributed by atoms with E-state index < -0.39 is 0 Å². The SMILES string of the molecule is CC(=O)c1cc(NCC2CCN(C(C)C)C2)ccc1N. The Morgan fingerprint density at radius 2 is 2.25 bits per heavy atom. The Labute approximate surface area is 121 Å². The number of benzene rings is 1. The van der Waals surface area contributed by atoms with E-state index in [-0.39, 0.29) is 5.78 Å². The number of carbonyl (C=O) groups excluding carboxylic acids is 1. The first-order valence-corrected chi connectivity index (χ1v) is 7.35. The first-order chi connectivity index (χ1) is 9.47. The topological polar surface area (TPSA) is 58.4 Å². The summed E-state index contributed by atoms with van der Waals surface area (Å²) in [7, 11) is 0. The maximum Gasteiger partial charge on any atom is 0.161 e. The average Bonchev–Trinajstić information content (AvgIpc) is 2.86. The van der Waals surface area contributed by atoms with E-state index in [1.807, 2.05) is 12.1 Å². The highest BCUT2D eigenvalue weighted by atomic mass is 16.1. The fourth-order valence-corrected chi connectivity index (χ4v) is 2.73. The lowest BCUT2D eigenvalue weighted by Gasteiger charge is -2.20. The van der Waals surface area contributed by atoms with Crippen molar-refractivity contribution in [3.05, 3.63) is 23.8 Å². The molecule has 0 amide bonds. The fourth-order valence-electron chi connectivity index (χ4n) is 2.73. The number of ketones is 1. The van der Waals surface area contributed by atoms with E-state index in [0.29, 0.717) is 23.2 Å². The van der Waals surface area contributed by atoms with E-state index >= 15 is 0 Å². The highest BCUT2D eigenvalue weighted by molar-refractivity contribution is 5.99. The Hall–Kier alpha value is -1.55. The van der Waals surface area contributed by atoms with Crippen LogP contribution in [0.15, 0.2) is 18.2 Å². The largest absolute Gasteiger partial charge is 0.398 e. The summed E-state index contributed by atoms with van der Waals surface area (Å²) in [5.74, 6) is 0.689. The van der Waals surface area contributed by atoms with Crippen LogP contribution in [0.5, 0.6) is 0 Å². The molecule has 110 valence electrons. The second kappa shape index (κ2) is 6.27. The van der Waals surface area contributed by atoms with Crippen LogP contribution in [-0.2, 0) is 0 Å². The van der Waals surface area contributed by atoms with E-state index in [9.17, 15) is 4.79 Å². The normalized spacial score (nSPS) is 19.5. The van der Waals surface area contributed by atoms with E-state index in [0.717, 1.165) is 18.8 Å². The molecule has 0 aromatic heterocycles. The van der Waals surface area contributed by atoms with E-state index in [1.165, 1.54) is 13.0 Å². The van der Waals surface area contributed by atoms with Gasteiger partial charge in [0, 0.05) is 36.1 Å². The van der Waals surface area contributed by atoms with Gasteiger partial charge in [-0.2, -0.15) is 0 Å². The summed E-state index contributed by atoms with van der Waals surface area (Å²) in [5, 5.41) is 3.43. The monoisotopic (exact) mass is 275 g/mol. The molecule has 1 fully saturated rings. The molecule has 2 rings (SSSR count). The molecule has 0 radical (unpaired) electrons. The van der Waals surface area contributed by atoms with Crippen LogP contribution in [-0.4, -0.2) is 36.4 Å². The van der Waals surface area contributed by atoms with Gasteiger partial charge in [0.15, 0.2) is 5.78 Å². The lowest BCUT2D eigenvalue weighted by molar-refractivity contribution is 0.101. The fraction of sp³-hybridized carbons (Fsp3) is 0.562. The zero-order valence-corrected chi connectivity index (χ0v) is 12.6. The molecule has 1 heterocycles. The van der Waals surface area contributed by atoms with Crippen LogP contribution in [0.1, 0.15) is 37.6 Å². The molecule has 1 unspecified atom stereocenters. The van der Waals surface area contributed by atoms with E-state index in [4.69, 9.17) is 5.73 Å². The molecule has 1 aliphatic heterocycles. The lowest BCUT2D eigenvalue weighted by atomic mass is 10.1. The van der Waals surface area contributed by atoms with Crippen molar-refractivity contribution in [1.82, 2.24) is 4.90 Å². The van der Waals surface area contributed by atoms with Crippen molar-refractivity contribution in [3.63, 3.8) is 0 Å². The van der Waals surface area contributed by atoms with Crippen molar-refractivity contribution in [3.8, 4) is 0 Å². The summed E-state index contributed by atoms with van der Waals surface area (Å²) in [4.78, 5) is 14.0. The smallest absolute Gasteiger partial charge is 0.161 e. The molecular weight excluding hydrogens is 250 g/mol. The number of Topliss-reactive ketones (excluding diaryl/α,β-unsaturated/α-hetero) is 1. The third-order valence-electron chi connectivity index (χ3n) is 4.08. The van der Waals surface area contributed by atoms with Crippen LogP contribution >= 0.6 is 0 Å². The van der Waals surface area contributed by atoms with Crippen molar-refractivity contribution < 1.29 is 4.79 Å². The van der Waals surface area contributed by atoms with Gasteiger partial charge in [0.25, 0.3) is 0 Å². The lowest BCUT2D eigenvalue weighted by Crippen LogP contribution is -2.29. The quantitative estimate of drug-likeness (QED) is 0.640. The molecule has 1 aromatic rings. The van der Waals surface area contributed by atoms with Gasteiger partial charge < -0.3 is 16.0 Å². The second-order valence-electron chi connectivity index (χ2n) is 5.98. The van der Waals surface area contributed by atoms with Crippen LogP contribution in [0.3, 0.4) is 0 Å². The van der Waals surface area contributed by atoms with Gasteiger partial charge in [-0.3, -0.25) is 4.79 Å². The van der Waals surface area contributed by atoms with Gasteiger partial charge in [-0.05, 0) is 57.9 Å². The summed E-state index contributed by atoms with van der Waals surface area (Å²) in [6, 6.07) is 6.22. The average molecular weight is 275 g/mol. The number of hydrogen-bond donors (Lipinski definition) is 2. The summed E-state index contributed by atoms with van der Waals surface area (Å²) in [6.07, 6.45) is 1.24. The summed E-state index contributed by atoms with van der Waals surface area (Å²) in [6.45, 7) is 9.32. The van der Waals surface area contributed by atoms with Crippen molar-refractivity contribution in [2.45, 2.75) is 33.2 Å². The van der Waals surface area contributed by atoms with Crippen LogP contribution in [0.2, 0.25) is 0 Å². The van der Waals surface area contributed by atoms with Gasteiger partial charge in [0.1, 0.15) is 0 Å². The second-order valence-corrected chi connectivity index (χ2v) is 5.98. The molecule has 4 nitrogen and oxygen atoms in total. The highest BCUT2D eigenvalue weighted by Gasteiger charge is 2.23. The van der Waals surface area contributed by atoms with Gasteiger partial charge in [-0.1, -0.05) is 0 Å². The van der Waals surface area contributed by atoms with Crippen molar-refractivity contribution in [1.29, 1.82) is 0 Å². The molecule has 0 bridgehead atoms. The molecule has 20 heavy (non-hydrogen) atoms. The molecule has 1 aromatic carbocycles.